The minimum Gasteiger partial charge on any atom is -0.361 e. The lowest BCUT2D eigenvalue weighted by Gasteiger charge is -2.09. The second-order valence-electron chi connectivity index (χ2n) is 5.43. The number of halogens is 3. The number of alkyl halides is 3. The first-order valence-corrected chi connectivity index (χ1v) is 6.71. The predicted octanol–water partition coefficient (Wildman–Crippen LogP) is 4.92. The van der Waals surface area contributed by atoms with Crippen LogP contribution >= 0.6 is 0 Å². The predicted molar refractivity (Wildman–Crippen MR) is 69.0 cm³/mol. The lowest BCUT2D eigenvalue weighted by molar-refractivity contribution is -0.137. The van der Waals surface area contributed by atoms with Crippen molar-refractivity contribution in [3.8, 4) is 0 Å². The molecular weight excluding hydrogens is 251 g/mol. The lowest BCUT2D eigenvalue weighted by atomic mass is 9.97. The Hall–Kier alpha value is -1.45. The van der Waals surface area contributed by atoms with Gasteiger partial charge in [-0.25, -0.2) is 0 Å². The van der Waals surface area contributed by atoms with Gasteiger partial charge in [-0.05, 0) is 36.1 Å². The van der Waals surface area contributed by atoms with E-state index in [2.05, 4.69) is 4.98 Å². The second-order valence-corrected chi connectivity index (χ2v) is 5.43. The van der Waals surface area contributed by atoms with Gasteiger partial charge in [0.2, 0.25) is 0 Å². The van der Waals surface area contributed by atoms with Crippen molar-refractivity contribution < 1.29 is 13.2 Å². The van der Waals surface area contributed by atoms with Gasteiger partial charge in [-0.1, -0.05) is 25.7 Å². The molecule has 0 spiro atoms. The molecule has 1 aliphatic rings. The third-order valence-corrected chi connectivity index (χ3v) is 4.08. The number of nitrogens with one attached hydrogen (secondary N) is 1. The third-order valence-electron chi connectivity index (χ3n) is 4.08. The fourth-order valence-corrected chi connectivity index (χ4v) is 3.05. The quantitative estimate of drug-likeness (QED) is 0.795. The fourth-order valence-electron chi connectivity index (χ4n) is 3.05. The lowest BCUT2D eigenvalue weighted by Crippen LogP contribution is -2.04. The van der Waals surface area contributed by atoms with Crippen molar-refractivity contribution >= 4 is 10.9 Å². The van der Waals surface area contributed by atoms with Gasteiger partial charge in [0.1, 0.15) is 0 Å². The summed E-state index contributed by atoms with van der Waals surface area (Å²) in [4.78, 5) is 3.07. The average molecular weight is 267 g/mol. The molecule has 0 bridgehead atoms. The van der Waals surface area contributed by atoms with Crippen molar-refractivity contribution in [1.82, 2.24) is 4.98 Å². The molecule has 0 radical (unpaired) electrons. The van der Waals surface area contributed by atoms with Gasteiger partial charge in [0, 0.05) is 17.1 Å². The summed E-state index contributed by atoms with van der Waals surface area (Å²) in [5, 5.41) is 0.724. The number of fused-ring (bicyclic) bond motifs is 1. The summed E-state index contributed by atoms with van der Waals surface area (Å²) in [6.07, 6.45) is 3.39. The first-order valence-electron chi connectivity index (χ1n) is 6.71. The first-order chi connectivity index (χ1) is 9.04. The van der Waals surface area contributed by atoms with Gasteiger partial charge >= 0.3 is 6.18 Å². The van der Waals surface area contributed by atoms with E-state index in [4.69, 9.17) is 0 Å². The van der Waals surface area contributed by atoms with E-state index >= 15 is 0 Å². The molecule has 2 aromatic rings. The van der Waals surface area contributed by atoms with Crippen LogP contribution in [0.25, 0.3) is 10.9 Å². The SMILES string of the molecule is FC(F)(F)c1ccc2[nH]cc(CC3CCCC3)c2c1. The van der Waals surface area contributed by atoms with Crippen LogP contribution in [0, 0.1) is 5.92 Å². The molecule has 1 fully saturated rings. The summed E-state index contributed by atoms with van der Waals surface area (Å²) in [7, 11) is 0. The Kier molecular flexibility index (Phi) is 3.03. The minimum absolute atomic E-state index is 0.563. The minimum atomic E-state index is -4.27. The standard InChI is InChI=1S/C15H16F3N/c16-15(17,18)12-5-6-14-13(8-12)11(9-19-14)7-10-3-1-2-4-10/h5-6,8-10,19H,1-4,7H2. The summed E-state index contributed by atoms with van der Waals surface area (Å²) in [5.74, 6) is 0.633. The molecule has 0 aliphatic heterocycles. The van der Waals surface area contributed by atoms with Crippen LogP contribution in [0.5, 0.6) is 0 Å². The van der Waals surface area contributed by atoms with E-state index in [1.807, 2.05) is 6.20 Å². The number of rotatable bonds is 2. The summed E-state index contributed by atoms with van der Waals surface area (Å²) < 4.78 is 38.2. The van der Waals surface area contributed by atoms with Crippen molar-refractivity contribution in [2.45, 2.75) is 38.3 Å². The molecule has 0 unspecified atom stereocenters. The van der Waals surface area contributed by atoms with E-state index < -0.39 is 11.7 Å². The molecule has 1 N–H and O–H groups in total. The Balaban J connectivity index is 1.95. The zero-order valence-corrected chi connectivity index (χ0v) is 10.6. The van der Waals surface area contributed by atoms with E-state index in [0.29, 0.717) is 5.92 Å². The van der Waals surface area contributed by atoms with Gasteiger partial charge in [0.25, 0.3) is 0 Å². The molecule has 1 aliphatic carbocycles. The summed E-state index contributed by atoms with van der Waals surface area (Å²) in [6.45, 7) is 0. The molecular formula is C15H16F3N. The molecule has 1 aromatic heterocycles. The number of aromatic nitrogens is 1. The van der Waals surface area contributed by atoms with Gasteiger partial charge in [-0.15, -0.1) is 0 Å². The van der Waals surface area contributed by atoms with E-state index in [1.54, 1.807) is 0 Å². The maximum Gasteiger partial charge on any atom is 0.416 e. The molecule has 1 nitrogen and oxygen atoms in total. The molecule has 102 valence electrons. The Labute approximate surface area is 109 Å². The molecule has 1 heterocycles. The van der Waals surface area contributed by atoms with Crippen LogP contribution < -0.4 is 0 Å². The van der Waals surface area contributed by atoms with Gasteiger partial charge in [0.15, 0.2) is 0 Å². The maximum atomic E-state index is 12.7. The molecule has 19 heavy (non-hydrogen) atoms. The van der Waals surface area contributed by atoms with Crippen LogP contribution in [0.3, 0.4) is 0 Å². The van der Waals surface area contributed by atoms with Crippen LogP contribution in [0.1, 0.15) is 36.8 Å². The van der Waals surface area contributed by atoms with Crippen LogP contribution in [0.4, 0.5) is 13.2 Å². The zero-order chi connectivity index (χ0) is 13.5. The largest absolute Gasteiger partial charge is 0.416 e. The van der Waals surface area contributed by atoms with E-state index in [1.165, 1.54) is 37.8 Å². The number of hydrogen-bond acceptors (Lipinski definition) is 0. The number of benzene rings is 1. The highest BCUT2D eigenvalue weighted by molar-refractivity contribution is 5.84. The van der Waals surface area contributed by atoms with Crippen LogP contribution in [0.15, 0.2) is 24.4 Å². The van der Waals surface area contributed by atoms with Crippen molar-refractivity contribution in [3.63, 3.8) is 0 Å². The molecule has 0 amide bonds. The average Bonchev–Trinajstić information content (AvgIpc) is 2.98. The van der Waals surface area contributed by atoms with Crippen molar-refractivity contribution in [3.05, 3.63) is 35.5 Å². The van der Waals surface area contributed by atoms with Crippen molar-refractivity contribution in [2.75, 3.05) is 0 Å². The number of aromatic amines is 1. The van der Waals surface area contributed by atoms with Gasteiger partial charge in [0.05, 0.1) is 5.56 Å². The first kappa shape index (κ1) is 12.6. The normalized spacial score (nSPS) is 17.4. The van der Waals surface area contributed by atoms with Crippen molar-refractivity contribution in [2.24, 2.45) is 5.92 Å². The number of H-pyrrole nitrogens is 1. The topological polar surface area (TPSA) is 15.8 Å². The second kappa shape index (κ2) is 4.58. The highest BCUT2D eigenvalue weighted by atomic mass is 19.4. The van der Waals surface area contributed by atoms with Crippen LogP contribution in [-0.2, 0) is 12.6 Å². The van der Waals surface area contributed by atoms with E-state index in [9.17, 15) is 13.2 Å². The Bertz CT molecular complexity index is 577. The van der Waals surface area contributed by atoms with Gasteiger partial charge in [-0.2, -0.15) is 13.2 Å². The van der Waals surface area contributed by atoms with Crippen molar-refractivity contribution in [1.29, 1.82) is 0 Å². The Morgan fingerprint density at radius 3 is 2.58 bits per heavy atom. The highest BCUT2D eigenvalue weighted by Gasteiger charge is 2.30. The van der Waals surface area contributed by atoms with Crippen LogP contribution in [0.2, 0.25) is 0 Å². The molecule has 1 aromatic carbocycles. The monoisotopic (exact) mass is 267 g/mol. The molecule has 4 heteroatoms. The molecule has 1 saturated carbocycles. The Morgan fingerprint density at radius 1 is 1.16 bits per heavy atom. The number of hydrogen-bond donors (Lipinski definition) is 1. The Morgan fingerprint density at radius 2 is 1.89 bits per heavy atom. The van der Waals surface area contributed by atoms with Gasteiger partial charge < -0.3 is 4.98 Å². The summed E-state index contributed by atoms with van der Waals surface area (Å²) in [6, 6.07) is 3.94. The summed E-state index contributed by atoms with van der Waals surface area (Å²) >= 11 is 0. The maximum absolute atomic E-state index is 12.7. The van der Waals surface area contributed by atoms with Gasteiger partial charge in [-0.3, -0.25) is 0 Å². The van der Waals surface area contributed by atoms with E-state index in [0.717, 1.165) is 29.0 Å². The highest BCUT2D eigenvalue weighted by Crippen LogP contribution is 2.34. The molecule has 0 saturated heterocycles. The third kappa shape index (κ3) is 2.48. The molecule has 3 rings (SSSR count). The van der Waals surface area contributed by atoms with Crippen LogP contribution in [-0.4, -0.2) is 4.98 Å². The summed E-state index contributed by atoms with van der Waals surface area (Å²) in [5.41, 5.74) is 1.25. The van der Waals surface area contributed by atoms with E-state index in [-0.39, 0.29) is 0 Å². The smallest absolute Gasteiger partial charge is 0.361 e. The molecule has 0 atom stereocenters. The fraction of sp³-hybridized carbons (Fsp3) is 0.467. The zero-order valence-electron chi connectivity index (χ0n) is 10.6.